The summed E-state index contributed by atoms with van der Waals surface area (Å²) in [6.45, 7) is 5.13. The number of carbonyl (C=O) groups is 1. The zero-order valence-corrected chi connectivity index (χ0v) is 11.7. The lowest BCUT2D eigenvalue weighted by molar-refractivity contribution is 0.0601. The Morgan fingerprint density at radius 3 is 2.79 bits per heavy atom. The largest absolute Gasteiger partial charge is 0.465 e. The molecule has 0 aliphatic heterocycles. The number of carbonyl (C=O) groups excluding carboxylic acids is 1. The minimum Gasteiger partial charge on any atom is -0.465 e. The number of nitrogen functional groups attached to an aromatic ring is 1. The van der Waals surface area contributed by atoms with Crippen molar-refractivity contribution in [3.8, 4) is 0 Å². The summed E-state index contributed by atoms with van der Waals surface area (Å²) in [5, 5.41) is 0. The first-order valence-corrected chi connectivity index (χ1v) is 6.63. The molecule has 5 heteroatoms. The highest BCUT2D eigenvalue weighted by Crippen LogP contribution is 2.33. The summed E-state index contributed by atoms with van der Waals surface area (Å²) in [6.07, 6.45) is 4.10. The van der Waals surface area contributed by atoms with Crippen LogP contribution in [0, 0.1) is 5.92 Å². The molecule has 1 heterocycles. The van der Waals surface area contributed by atoms with Crippen LogP contribution in [0.2, 0.25) is 0 Å². The zero-order chi connectivity index (χ0) is 14.0. The molecule has 104 valence electrons. The summed E-state index contributed by atoms with van der Waals surface area (Å²) >= 11 is 0. The molecule has 0 unspecified atom stereocenters. The van der Waals surface area contributed by atoms with E-state index in [1.165, 1.54) is 20.0 Å². The number of methoxy groups -OCH3 is 1. The van der Waals surface area contributed by atoms with E-state index in [1.54, 1.807) is 12.3 Å². The molecule has 0 amide bonds. The predicted molar refractivity (Wildman–Crippen MR) is 75.2 cm³/mol. The summed E-state index contributed by atoms with van der Waals surface area (Å²) in [5.74, 6) is 0.992. The average Bonchev–Trinajstić information content (AvgIpc) is 3.19. The third-order valence-corrected chi connectivity index (χ3v) is 3.34. The first-order valence-electron chi connectivity index (χ1n) is 6.63. The van der Waals surface area contributed by atoms with Gasteiger partial charge in [-0.05, 0) is 38.7 Å². The highest BCUT2D eigenvalue weighted by atomic mass is 16.5. The quantitative estimate of drug-likeness (QED) is 0.824. The van der Waals surface area contributed by atoms with Gasteiger partial charge in [-0.2, -0.15) is 0 Å². The Morgan fingerprint density at radius 2 is 2.26 bits per heavy atom. The average molecular weight is 263 g/mol. The van der Waals surface area contributed by atoms with E-state index in [2.05, 4.69) is 23.7 Å². The smallest absolute Gasteiger partial charge is 0.341 e. The molecule has 0 aromatic carbocycles. The topological polar surface area (TPSA) is 68.5 Å². The summed E-state index contributed by atoms with van der Waals surface area (Å²) in [5.41, 5.74) is 6.63. The fourth-order valence-electron chi connectivity index (χ4n) is 2.08. The van der Waals surface area contributed by atoms with Gasteiger partial charge in [0.1, 0.15) is 11.4 Å². The zero-order valence-electron chi connectivity index (χ0n) is 11.7. The van der Waals surface area contributed by atoms with Crippen LogP contribution >= 0.6 is 0 Å². The number of hydrogen-bond donors (Lipinski definition) is 1. The Balaban J connectivity index is 2.36. The number of rotatable bonds is 5. The third kappa shape index (κ3) is 3.16. The molecule has 5 nitrogen and oxygen atoms in total. The van der Waals surface area contributed by atoms with Crippen LogP contribution in [0.15, 0.2) is 12.3 Å². The van der Waals surface area contributed by atoms with Crippen LogP contribution in [0.3, 0.4) is 0 Å². The van der Waals surface area contributed by atoms with Gasteiger partial charge in [-0.15, -0.1) is 0 Å². The van der Waals surface area contributed by atoms with E-state index in [0.717, 1.165) is 6.54 Å². The fraction of sp³-hybridized carbons (Fsp3) is 0.571. The molecule has 2 rings (SSSR count). The Bertz CT molecular complexity index is 470. The molecule has 0 atom stereocenters. The van der Waals surface area contributed by atoms with Crippen molar-refractivity contribution in [3.05, 3.63) is 17.8 Å². The number of ether oxygens (including phenoxy) is 1. The molecule has 19 heavy (non-hydrogen) atoms. The molecule has 1 fully saturated rings. The van der Waals surface area contributed by atoms with Gasteiger partial charge < -0.3 is 15.4 Å². The van der Waals surface area contributed by atoms with Gasteiger partial charge in [0.15, 0.2) is 0 Å². The third-order valence-electron chi connectivity index (χ3n) is 3.34. The molecule has 0 radical (unpaired) electrons. The standard InChI is InChI=1S/C14H21N3O2/c1-9(2)17(8-10-4-5-10)13-12(14(18)19-3)6-11(15)7-16-13/h6-7,9-10H,4-5,8,15H2,1-3H3. The number of pyridine rings is 1. The first-order chi connectivity index (χ1) is 9.02. The Morgan fingerprint density at radius 1 is 1.58 bits per heavy atom. The van der Waals surface area contributed by atoms with Crippen LogP contribution in [-0.4, -0.2) is 30.6 Å². The predicted octanol–water partition coefficient (Wildman–Crippen LogP) is 2.08. The maximum Gasteiger partial charge on any atom is 0.341 e. The van der Waals surface area contributed by atoms with Gasteiger partial charge in [-0.3, -0.25) is 0 Å². The summed E-state index contributed by atoms with van der Waals surface area (Å²) in [4.78, 5) is 18.4. The van der Waals surface area contributed by atoms with Crippen molar-refractivity contribution in [2.24, 2.45) is 5.92 Å². The lowest BCUT2D eigenvalue weighted by Gasteiger charge is -2.29. The lowest BCUT2D eigenvalue weighted by atomic mass is 10.2. The molecule has 1 saturated carbocycles. The van der Waals surface area contributed by atoms with Gasteiger partial charge in [0.05, 0.1) is 19.0 Å². The van der Waals surface area contributed by atoms with Crippen molar-refractivity contribution >= 4 is 17.5 Å². The SMILES string of the molecule is COC(=O)c1cc(N)cnc1N(CC1CC1)C(C)C. The highest BCUT2D eigenvalue weighted by molar-refractivity contribution is 5.95. The van der Waals surface area contributed by atoms with Crippen LogP contribution in [0.1, 0.15) is 37.0 Å². The molecule has 1 aliphatic rings. The van der Waals surface area contributed by atoms with Crippen molar-refractivity contribution in [1.82, 2.24) is 4.98 Å². The van der Waals surface area contributed by atoms with Gasteiger partial charge in [-0.25, -0.2) is 9.78 Å². The normalized spacial score (nSPS) is 14.5. The van der Waals surface area contributed by atoms with E-state index in [1.807, 2.05) is 0 Å². The van der Waals surface area contributed by atoms with Gasteiger partial charge >= 0.3 is 5.97 Å². The monoisotopic (exact) mass is 263 g/mol. The van der Waals surface area contributed by atoms with Crippen molar-refractivity contribution in [2.45, 2.75) is 32.7 Å². The van der Waals surface area contributed by atoms with Gasteiger partial charge in [-0.1, -0.05) is 0 Å². The Kier molecular flexibility index (Phi) is 3.93. The highest BCUT2D eigenvalue weighted by Gasteiger charge is 2.28. The second-order valence-corrected chi connectivity index (χ2v) is 5.32. The number of anilines is 2. The van der Waals surface area contributed by atoms with E-state index in [-0.39, 0.29) is 6.04 Å². The second kappa shape index (κ2) is 5.47. The van der Waals surface area contributed by atoms with Crippen LogP contribution < -0.4 is 10.6 Å². The van der Waals surface area contributed by atoms with Gasteiger partial charge in [0, 0.05) is 12.6 Å². The molecule has 2 N–H and O–H groups in total. The summed E-state index contributed by atoms with van der Waals surface area (Å²) in [6, 6.07) is 1.91. The second-order valence-electron chi connectivity index (χ2n) is 5.32. The Labute approximate surface area is 113 Å². The van der Waals surface area contributed by atoms with E-state index in [0.29, 0.717) is 23.0 Å². The molecule has 1 aromatic heterocycles. The molecule has 1 aromatic rings. The summed E-state index contributed by atoms with van der Waals surface area (Å²) in [7, 11) is 1.37. The van der Waals surface area contributed by atoms with E-state index >= 15 is 0 Å². The number of nitrogens with two attached hydrogens (primary N) is 1. The molecular weight excluding hydrogens is 242 g/mol. The van der Waals surface area contributed by atoms with Crippen molar-refractivity contribution in [2.75, 3.05) is 24.3 Å². The Hall–Kier alpha value is -1.78. The first kappa shape index (κ1) is 13.6. The number of hydrogen-bond acceptors (Lipinski definition) is 5. The van der Waals surface area contributed by atoms with Crippen LogP contribution in [-0.2, 0) is 4.74 Å². The minimum atomic E-state index is -0.392. The van der Waals surface area contributed by atoms with E-state index in [9.17, 15) is 4.79 Å². The lowest BCUT2D eigenvalue weighted by Crippen LogP contribution is -2.35. The minimum absolute atomic E-state index is 0.278. The molecule has 0 spiro atoms. The van der Waals surface area contributed by atoms with Gasteiger partial charge in [0.25, 0.3) is 0 Å². The molecule has 0 bridgehead atoms. The fourth-order valence-corrected chi connectivity index (χ4v) is 2.08. The number of nitrogens with zero attached hydrogens (tertiary/aromatic N) is 2. The number of esters is 1. The van der Waals surface area contributed by atoms with E-state index in [4.69, 9.17) is 10.5 Å². The van der Waals surface area contributed by atoms with Crippen molar-refractivity contribution in [3.63, 3.8) is 0 Å². The molecule has 1 aliphatic carbocycles. The van der Waals surface area contributed by atoms with Crippen LogP contribution in [0.5, 0.6) is 0 Å². The summed E-state index contributed by atoms with van der Waals surface area (Å²) < 4.78 is 4.82. The number of aromatic nitrogens is 1. The van der Waals surface area contributed by atoms with Crippen LogP contribution in [0.25, 0.3) is 0 Å². The van der Waals surface area contributed by atoms with Crippen LogP contribution in [0.4, 0.5) is 11.5 Å². The molecular formula is C14H21N3O2. The maximum absolute atomic E-state index is 11.9. The molecule has 0 saturated heterocycles. The van der Waals surface area contributed by atoms with Crippen molar-refractivity contribution < 1.29 is 9.53 Å². The maximum atomic E-state index is 11.9. The van der Waals surface area contributed by atoms with Crippen molar-refractivity contribution in [1.29, 1.82) is 0 Å². The van der Waals surface area contributed by atoms with E-state index < -0.39 is 5.97 Å². The van der Waals surface area contributed by atoms with Gasteiger partial charge in [0.2, 0.25) is 0 Å².